The van der Waals surface area contributed by atoms with Crippen LogP contribution >= 0.6 is 0 Å². The molecule has 0 aromatic heterocycles. The quantitative estimate of drug-likeness (QED) is 0.499. The Morgan fingerprint density at radius 1 is 1.00 bits per heavy atom. The number of hydrogen-bond donors (Lipinski definition) is 0. The van der Waals surface area contributed by atoms with Gasteiger partial charge in [-0.1, -0.05) is 6.08 Å². The largest absolute Gasteiger partial charge is 0.299 e. The first-order valence-corrected chi connectivity index (χ1v) is 5.64. The van der Waals surface area contributed by atoms with E-state index in [1.165, 1.54) is 6.08 Å². The summed E-state index contributed by atoms with van der Waals surface area (Å²) in [5.74, 6) is -0.0356. The Morgan fingerprint density at radius 3 is 2.44 bits per heavy atom. The minimum atomic E-state index is -0.147. The SMILES string of the molecule is O=C1C=C(/C=C2\CCCCC2=O)CC(=O)C1. The van der Waals surface area contributed by atoms with Crippen molar-refractivity contribution in [1.29, 1.82) is 0 Å². The molecule has 0 unspecified atom stereocenters. The molecule has 0 spiro atoms. The van der Waals surface area contributed by atoms with E-state index in [4.69, 9.17) is 0 Å². The predicted octanol–water partition coefficient (Wildman–Crippen LogP) is 1.91. The van der Waals surface area contributed by atoms with Gasteiger partial charge in [-0.05, 0) is 36.5 Å². The Labute approximate surface area is 94.2 Å². The molecule has 3 heteroatoms. The summed E-state index contributed by atoms with van der Waals surface area (Å²) in [6, 6.07) is 0. The third kappa shape index (κ3) is 2.54. The number of allylic oxidation sites excluding steroid dienone is 4. The van der Waals surface area contributed by atoms with Crippen LogP contribution in [0.15, 0.2) is 23.3 Å². The van der Waals surface area contributed by atoms with E-state index < -0.39 is 0 Å². The predicted molar refractivity (Wildman–Crippen MR) is 58.9 cm³/mol. The highest BCUT2D eigenvalue weighted by atomic mass is 16.1. The number of ketones is 3. The molecule has 0 aromatic rings. The van der Waals surface area contributed by atoms with Crippen molar-refractivity contribution in [3.63, 3.8) is 0 Å². The van der Waals surface area contributed by atoms with E-state index in [0.717, 1.165) is 24.8 Å². The topological polar surface area (TPSA) is 51.2 Å². The van der Waals surface area contributed by atoms with Gasteiger partial charge in [0.1, 0.15) is 5.78 Å². The summed E-state index contributed by atoms with van der Waals surface area (Å²) < 4.78 is 0. The second kappa shape index (κ2) is 4.56. The van der Waals surface area contributed by atoms with Gasteiger partial charge in [-0.15, -0.1) is 0 Å². The molecule has 2 aliphatic carbocycles. The maximum absolute atomic E-state index is 11.6. The van der Waals surface area contributed by atoms with Crippen LogP contribution < -0.4 is 0 Å². The first-order chi connectivity index (χ1) is 7.65. The highest BCUT2D eigenvalue weighted by molar-refractivity contribution is 6.09. The first-order valence-electron chi connectivity index (χ1n) is 5.64. The number of carbonyl (C=O) groups is 3. The average Bonchev–Trinajstić information content (AvgIpc) is 2.20. The van der Waals surface area contributed by atoms with Crippen LogP contribution in [-0.2, 0) is 14.4 Å². The van der Waals surface area contributed by atoms with Crippen molar-refractivity contribution in [2.75, 3.05) is 0 Å². The minimum Gasteiger partial charge on any atom is -0.299 e. The van der Waals surface area contributed by atoms with Crippen LogP contribution in [0.1, 0.15) is 38.5 Å². The van der Waals surface area contributed by atoms with Crippen LogP contribution in [0.2, 0.25) is 0 Å². The zero-order valence-electron chi connectivity index (χ0n) is 9.12. The lowest BCUT2D eigenvalue weighted by Crippen LogP contribution is -2.14. The van der Waals surface area contributed by atoms with E-state index in [1.807, 2.05) is 0 Å². The van der Waals surface area contributed by atoms with Crippen LogP contribution in [0, 0.1) is 0 Å². The first kappa shape index (κ1) is 11.0. The second-order valence-corrected chi connectivity index (χ2v) is 4.38. The third-order valence-corrected chi connectivity index (χ3v) is 2.94. The fourth-order valence-electron chi connectivity index (χ4n) is 2.16. The van der Waals surface area contributed by atoms with Crippen molar-refractivity contribution in [1.82, 2.24) is 0 Å². The molecule has 0 bridgehead atoms. The number of hydrogen-bond acceptors (Lipinski definition) is 3. The van der Waals surface area contributed by atoms with Gasteiger partial charge in [0, 0.05) is 12.8 Å². The van der Waals surface area contributed by atoms with Gasteiger partial charge in [-0.3, -0.25) is 14.4 Å². The zero-order valence-corrected chi connectivity index (χ0v) is 9.12. The van der Waals surface area contributed by atoms with Gasteiger partial charge in [0.2, 0.25) is 0 Å². The van der Waals surface area contributed by atoms with Crippen LogP contribution in [0.25, 0.3) is 0 Å². The molecule has 1 fully saturated rings. The van der Waals surface area contributed by atoms with Crippen molar-refractivity contribution in [3.05, 3.63) is 23.3 Å². The lowest BCUT2D eigenvalue weighted by molar-refractivity contribution is -0.125. The fraction of sp³-hybridized carbons (Fsp3) is 0.462. The maximum atomic E-state index is 11.6. The summed E-state index contributed by atoms with van der Waals surface area (Å²) in [6.07, 6.45) is 6.90. The molecule has 0 atom stereocenters. The molecule has 1 saturated carbocycles. The lowest BCUT2D eigenvalue weighted by atomic mass is 9.89. The van der Waals surface area contributed by atoms with Crippen molar-refractivity contribution in [2.24, 2.45) is 0 Å². The molecule has 84 valence electrons. The van der Waals surface area contributed by atoms with E-state index in [-0.39, 0.29) is 23.8 Å². The Kier molecular flexibility index (Phi) is 3.13. The summed E-state index contributed by atoms with van der Waals surface area (Å²) in [5, 5.41) is 0. The standard InChI is InChI=1S/C13H14O3/c14-11-6-9(7-12(15)8-11)5-10-3-1-2-4-13(10)16/h5-6H,1-4,7-8H2/b10-5+. The molecule has 0 radical (unpaired) electrons. The summed E-state index contributed by atoms with van der Waals surface area (Å²) >= 11 is 0. The molecule has 0 saturated heterocycles. The zero-order chi connectivity index (χ0) is 11.5. The summed E-state index contributed by atoms with van der Waals surface area (Å²) in [7, 11) is 0. The average molecular weight is 218 g/mol. The van der Waals surface area contributed by atoms with Crippen molar-refractivity contribution < 1.29 is 14.4 Å². The molecular formula is C13H14O3. The van der Waals surface area contributed by atoms with Gasteiger partial charge >= 0.3 is 0 Å². The van der Waals surface area contributed by atoms with Crippen LogP contribution in [0.4, 0.5) is 0 Å². The van der Waals surface area contributed by atoms with E-state index in [1.54, 1.807) is 6.08 Å². The summed E-state index contributed by atoms with van der Waals surface area (Å²) in [4.78, 5) is 34.0. The summed E-state index contributed by atoms with van der Waals surface area (Å²) in [6.45, 7) is 0. The van der Waals surface area contributed by atoms with Gasteiger partial charge in [-0.25, -0.2) is 0 Å². The highest BCUT2D eigenvalue weighted by Crippen LogP contribution is 2.23. The number of carbonyl (C=O) groups excluding carboxylic acids is 3. The maximum Gasteiger partial charge on any atom is 0.163 e. The Balaban J connectivity index is 2.19. The lowest BCUT2D eigenvalue weighted by Gasteiger charge is -2.14. The number of rotatable bonds is 1. The van der Waals surface area contributed by atoms with Crippen LogP contribution in [-0.4, -0.2) is 17.3 Å². The van der Waals surface area contributed by atoms with E-state index in [2.05, 4.69) is 0 Å². The van der Waals surface area contributed by atoms with Gasteiger partial charge in [0.05, 0.1) is 6.42 Å². The smallest absolute Gasteiger partial charge is 0.163 e. The highest BCUT2D eigenvalue weighted by Gasteiger charge is 2.19. The van der Waals surface area contributed by atoms with Crippen LogP contribution in [0.3, 0.4) is 0 Å². The molecule has 0 heterocycles. The van der Waals surface area contributed by atoms with Gasteiger partial charge < -0.3 is 0 Å². The fourth-order valence-corrected chi connectivity index (χ4v) is 2.16. The van der Waals surface area contributed by atoms with Gasteiger partial charge in [-0.2, -0.15) is 0 Å². The molecule has 0 N–H and O–H groups in total. The monoisotopic (exact) mass is 218 g/mol. The van der Waals surface area contributed by atoms with Gasteiger partial charge in [0.15, 0.2) is 11.6 Å². The third-order valence-electron chi connectivity index (χ3n) is 2.94. The van der Waals surface area contributed by atoms with E-state index in [9.17, 15) is 14.4 Å². The van der Waals surface area contributed by atoms with Gasteiger partial charge in [0.25, 0.3) is 0 Å². The Morgan fingerprint density at radius 2 is 1.75 bits per heavy atom. The molecule has 0 aliphatic heterocycles. The van der Waals surface area contributed by atoms with Crippen LogP contribution in [0.5, 0.6) is 0 Å². The van der Waals surface area contributed by atoms with E-state index >= 15 is 0 Å². The Hall–Kier alpha value is -1.51. The van der Waals surface area contributed by atoms with E-state index in [0.29, 0.717) is 18.4 Å². The second-order valence-electron chi connectivity index (χ2n) is 4.38. The summed E-state index contributed by atoms with van der Waals surface area (Å²) in [5.41, 5.74) is 1.48. The molecule has 2 rings (SSSR count). The molecule has 16 heavy (non-hydrogen) atoms. The Bertz CT molecular complexity index is 413. The minimum absolute atomic E-state index is 0.0145. The van der Waals surface area contributed by atoms with Crippen molar-refractivity contribution in [2.45, 2.75) is 38.5 Å². The molecule has 2 aliphatic rings. The molecule has 0 aromatic carbocycles. The normalized spacial score (nSPS) is 24.9. The van der Waals surface area contributed by atoms with Crippen molar-refractivity contribution in [3.8, 4) is 0 Å². The van der Waals surface area contributed by atoms with Crippen molar-refractivity contribution >= 4 is 17.3 Å². The molecule has 0 amide bonds. The number of Topliss-reactive ketones (excluding diaryl/α,β-unsaturated/α-hetero) is 2. The molecule has 3 nitrogen and oxygen atoms in total. The molecular weight excluding hydrogens is 204 g/mol.